The van der Waals surface area contributed by atoms with E-state index in [2.05, 4.69) is 18.1 Å². The number of aromatic nitrogens is 1. The predicted octanol–water partition coefficient (Wildman–Crippen LogP) is 3.90. The number of hydrogen-bond donors (Lipinski definition) is 1. The maximum absolute atomic E-state index is 6.03. The summed E-state index contributed by atoms with van der Waals surface area (Å²) in [6, 6.07) is 6.08. The summed E-state index contributed by atoms with van der Waals surface area (Å²) in [5.41, 5.74) is 10.1. The Bertz CT molecular complexity index is 613. The van der Waals surface area contributed by atoms with E-state index in [1.807, 2.05) is 12.1 Å². The Morgan fingerprint density at radius 2 is 2.05 bits per heavy atom. The van der Waals surface area contributed by atoms with Gasteiger partial charge in [-0.15, -0.1) is 0 Å². The van der Waals surface area contributed by atoms with E-state index >= 15 is 0 Å². The molecule has 3 rings (SSSR count). The molecule has 1 aromatic heterocycles. The van der Waals surface area contributed by atoms with Crippen molar-refractivity contribution in [3.05, 3.63) is 29.5 Å². The molecular formula is C16H20N2O2. The molecule has 0 bridgehead atoms. The van der Waals surface area contributed by atoms with Gasteiger partial charge in [-0.05, 0) is 31.9 Å². The van der Waals surface area contributed by atoms with Crippen LogP contribution >= 0.6 is 0 Å². The number of nitrogens with two attached hydrogens (primary N) is 1. The topological polar surface area (TPSA) is 61.3 Å². The van der Waals surface area contributed by atoms with Crippen LogP contribution in [0.25, 0.3) is 11.1 Å². The summed E-state index contributed by atoms with van der Waals surface area (Å²) in [7, 11) is 1.67. The molecule has 20 heavy (non-hydrogen) atoms. The van der Waals surface area contributed by atoms with Gasteiger partial charge in [-0.25, -0.2) is 0 Å². The molecule has 0 amide bonds. The zero-order valence-corrected chi connectivity index (χ0v) is 12.0. The van der Waals surface area contributed by atoms with Gasteiger partial charge in [0.2, 0.25) is 5.88 Å². The summed E-state index contributed by atoms with van der Waals surface area (Å²) in [4.78, 5) is 0. The highest BCUT2D eigenvalue weighted by atomic mass is 16.5. The summed E-state index contributed by atoms with van der Waals surface area (Å²) in [6.07, 6.45) is 4.82. The van der Waals surface area contributed by atoms with Crippen LogP contribution in [0, 0.1) is 6.92 Å². The van der Waals surface area contributed by atoms with Gasteiger partial charge in [0.15, 0.2) is 0 Å². The van der Waals surface area contributed by atoms with Gasteiger partial charge in [0.05, 0.1) is 18.4 Å². The van der Waals surface area contributed by atoms with Crippen LogP contribution in [-0.4, -0.2) is 12.3 Å². The molecule has 0 unspecified atom stereocenters. The van der Waals surface area contributed by atoms with Crippen molar-refractivity contribution in [2.24, 2.45) is 0 Å². The second-order valence-corrected chi connectivity index (χ2v) is 5.49. The zero-order valence-electron chi connectivity index (χ0n) is 12.0. The molecule has 4 nitrogen and oxygen atoms in total. The van der Waals surface area contributed by atoms with Crippen molar-refractivity contribution in [3.8, 4) is 16.9 Å². The van der Waals surface area contributed by atoms with Crippen LogP contribution in [0.5, 0.6) is 5.75 Å². The smallest absolute Gasteiger partial charge is 0.230 e. The van der Waals surface area contributed by atoms with E-state index in [4.69, 9.17) is 15.0 Å². The molecule has 1 aliphatic rings. The number of hydrogen-bond acceptors (Lipinski definition) is 4. The van der Waals surface area contributed by atoms with E-state index in [1.54, 1.807) is 7.11 Å². The Balaban J connectivity index is 2.14. The Hall–Kier alpha value is -1.97. The van der Waals surface area contributed by atoms with Crippen molar-refractivity contribution in [2.75, 3.05) is 12.8 Å². The van der Waals surface area contributed by atoms with Crippen molar-refractivity contribution in [2.45, 2.75) is 38.5 Å². The van der Waals surface area contributed by atoms with Crippen molar-refractivity contribution in [1.82, 2.24) is 5.16 Å². The number of nitrogen functional groups attached to an aromatic ring is 1. The predicted molar refractivity (Wildman–Crippen MR) is 78.8 cm³/mol. The van der Waals surface area contributed by atoms with Gasteiger partial charge in [0, 0.05) is 11.5 Å². The van der Waals surface area contributed by atoms with Crippen molar-refractivity contribution in [3.63, 3.8) is 0 Å². The quantitative estimate of drug-likeness (QED) is 0.920. The van der Waals surface area contributed by atoms with Gasteiger partial charge >= 0.3 is 0 Å². The van der Waals surface area contributed by atoms with Gasteiger partial charge in [-0.3, -0.25) is 0 Å². The number of aryl methyl sites for hydroxylation is 1. The van der Waals surface area contributed by atoms with Crippen molar-refractivity contribution >= 4 is 5.88 Å². The first kappa shape index (κ1) is 13.0. The van der Waals surface area contributed by atoms with Crippen molar-refractivity contribution < 1.29 is 9.26 Å². The highest BCUT2D eigenvalue weighted by Gasteiger charge is 2.27. The maximum atomic E-state index is 6.03. The van der Waals surface area contributed by atoms with E-state index in [9.17, 15) is 0 Å². The molecule has 1 saturated carbocycles. The first-order valence-corrected chi connectivity index (χ1v) is 7.10. The number of nitrogens with zero attached hydrogens (tertiary/aromatic N) is 1. The summed E-state index contributed by atoms with van der Waals surface area (Å²) in [5.74, 6) is 1.65. The maximum Gasteiger partial charge on any atom is 0.230 e. The molecule has 2 N–H and O–H groups in total. The zero-order chi connectivity index (χ0) is 14.1. The molecule has 1 heterocycles. The molecule has 0 aliphatic heterocycles. The van der Waals surface area contributed by atoms with Crippen LogP contribution in [0.15, 0.2) is 22.7 Å². The second kappa shape index (κ2) is 5.19. The number of anilines is 1. The lowest BCUT2D eigenvalue weighted by Crippen LogP contribution is -1.98. The summed E-state index contributed by atoms with van der Waals surface area (Å²) < 4.78 is 10.7. The van der Waals surface area contributed by atoms with Gasteiger partial charge in [-0.2, -0.15) is 0 Å². The lowest BCUT2D eigenvalue weighted by atomic mass is 9.94. The monoisotopic (exact) mass is 272 g/mol. The first-order valence-electron chi connectivity index (χ1n) is 7.10. The molecule has 1 aliphatic carbocycles. The Labute approximate surface area is 118 Å². The minimum absolute atomic E-state index is 0.385. The van der Waals surface area contributed by atoms with Gasteiger partial charge < -0.3 is 15.0 Å². The third-order valence-electron chi connectivity index (χ3n) is 4.11. The van der Waals surface area contributed by atoms with Crippen LogP contribution in [0.3, 0.4) is 0 Å². The molecule has 0 radical (unpaired) electrons. The van der Waals surface area contributed by atoms with Crippen LogP contribution in [0.4, 0.5) is 5.88 Å². The molecule has 1 aromatic carbocycles. The molecule has 106 valence electrons. The Kier molecular flexibility index (Phi) is 3.38. The normalized spacial score (nSPS) is 15.7. The average molecular weight is 272 g/mol. The Morgan fingerprint density at radius 1 is 1.30 bits per heavy atom. The minimum atomic E-state index is 0.385. The summed E-state index contributed by atoms with van der Waals surface area (Å²) in [5, 5.41) is 4.22. The van der Waals surface area contributed by atoms with E-state index < -0.39 is 0 Å². The Morgan fingerprint density at radius 3 is 2.75 bits per heavy atom. The van der Waals surface area contributed by atoms with Crippen molar-refractivity contribution in [1.29, 1.82) is 0 Å². The summed E-state index contributed by atoms with van der Waals surface area (Å²) in [6.45, 7) is 2.06. The van der Waals surface area contributed by atoms with E-state index in [1.165, 1.54) is 18.4 Å². The van der Waals surface area contributed by atoms with E-state index in [-0.39, 0.29) is 0 Å². The molecule has 0 atom stereocenters. The number of methoxy groups -OCH3 is 1. The molecule has 4 heteroatoms. The van der Waals surface area contributed by atoms with Gasteiger partial charge in [-0.1, -0.05) is 29.6 Å². The average Bonchev–Trinajstić information content (AvgIpc) is 3.07. The van der Waals surface area contributed by atoms with Gasteiger partial charge in [0.1, 0.15) is 5.75 Å². The van der Waals surface area contributed by atoms with Crippen LogP contribution in [0.1, 0.15) is 42.9 Å². The number of benzene rings is 1. The van der Waals surface area contributed by atoms with E-state index in [0.29, 0.717) is 11.8 Å². The largest absolute Gasteiger partial charge is 0.496 e. The fourth-order valence-corrected chi connectivity index (χ4v) is 3.08. The van der Waals surface area contributed by atoms with E-state index in [0.717, 1.165) is 35.4 Å². The molecule has 0 spiro atoms. The lowest BCUT2D eigenvalue weighted by molar-refractivity contribution is 0.416. The second-order valence-electron chi connectivity index (χ2n) is 5.49. The fourth-order valence-electron chi connectivity index (χ4n) is 3.08. The van der Waals surface area contributed by atoms with Crippen LogP contribution in [-0.2, 0) is 0 Å². The molecular weight excluding hydrogens is 252 g/mol. The fraction of sp³-hybridized carbons (Fsp3) is 0.438. The lowest BCUT2D eigenvalue weighted by Gasteiger charge is -2.12. The highest BCUT2D eigenvalue weighted by molar-refractivity contribution is 5.80. The van der Waals surface area contributed by atoms with Crippen LogP contribution in [0.2, 0.25) is 0 Å². The molecule has 0 saturated heterocycles. The number of ether oxygens (including phenoxy) is 1. The van der Waals surface area contributed by atoms with Gasteiger partial charge in [0.25, 0.3) is 0 Å². The SMILES string of the molecule is COc1ccc(C)cc1-c1c(C2CCCC2)noc1N. The summed E-state index contributed by atoms with van der Waals surface area (Å²) >= 11 is 0. The third kappa shape index (κ3) is 2.15. The first-order chi connectivity index (χ1) is 9.70. The number of rotatable bonds is 3. The molecule has 1 fully saturated rings. The highest BCUT2D eigenvalue weighted by Crippen LogP contribution is 2.44. The standard InChI is InChI=1S/C16H20N2O2/c1-10-7-8-13(19-2)12(9-10)14-15(18-20-16(14)17)11-5-3-4-6-11/h7-9,11H,3-6,17H2,1-2H3. The third-order valence-corrected chi connectivity index (χ3v) is 4.11. The molecule has 2 aromatic rings. The van der Waals surface area contributed by atoms with Crippen LogP contribution < -0.4 is 10.5 Å². The minimum Gasteiger partial charge on any atom is -0.496 e.